The lowest BCUT2D eigenvalue weighted by atomic mass is 10.1. The number of aryl methyl sites for hydroxylation is 1. The average Bonchev–Trinajstić information content (AvgIpc) is 2.78. The summed E-state index contributed by atoms with van der Waals surface area (Å²) in [5, 5.41) is 3.33. The van der Waals surface area contributed by atoms with Gasteiger partial charge in [0.1, 0.15) is 5.75 Å². The molecule has 156 valence electrons. The third-order valence-corrected chi connectivity index (χ3v) is 5.53. The van der Waals surface area contributed by atoms with Crippen molar-refractivity contribution in [3.05, 3.63) is 65.9 Å². The Morgan fingerprint density at radius 2 is 1.80 bits per heavy atom. The molecule has 1 aliphatic rings. The summed E-state index contributed by atoms with van der Waals surface area (Å²) in [7, 11) is 3.86. The molecule has 6 nitrogen and oxygen atoms in total. The second-order valence-corrected chi connectivity index (χ2v) is 7.86. The number of benzene rings is 2. The van der Waals surface area contributed by atoms with Crippen molar-refractivity contribution in [1.82, 2.24) is 19.8 Å². The molecule has 4 rings (SSSR count). The van der Waals surface area contributed by atoms with Gasteiger partial charge in [0.2, 0.25) is 5.95 Å². The number of piperazine rings is 1. The van der Waals surface area contributed by atoms with Gasteiger partial charge in [0, 0.05) is 50.2 Å². The van der Waals surface area contributed by atoms with Gasteiger partial charge in [-0.2, -0.15) is 0 Å². The maximum Gasteiger partial charge on any atom is 0.227 e. The molecule has 1 saturated heterocycles. The van der Waals surface area contributed by atoms with Gasteiger partial charge in [-0.3, -0.25) is 4.90 Å². The van der Waals surface area contributed by atoms with Crippen LogP contribution < -0.4 is 10.1 Å². The van der Waals surface area contributed by atoms with Crippen LogP contribution >= 0.6 is 0 Å². The minimum absolute atomic E-state index is 0.588. The molecule has 1 aromatic heterocycles. The Hall–Kier alpha value is -2.96. The van der Waals surface area contributed by atoms with Gasteiger partial charge in [-0.05, 0) is 49.4 Å². The minimum Gasteiger partial charge on any atom is -0.497 e. The summed E-state index contributed by atoms with van der Waals surface area (Å²) < 4.78 is 5.35. The first-order chi connectivity index (χ1) is 14.6. The fourth-order valence-electron chi connectivity index (χ4n) is 3.65. The third kappa shape index (κ3) is 4.96. The number of hydrogen-bond donors (Lipinski definition) is 1. The number of hydrogen-bond acceptors (Lipinski definition) is 6. The van der Waals surface area contributed by atoms with Crippen LogP contribution in [-0.2, 0) is 6.54 Å². The fraction of sp³-hybridized carbons (Fsp3) is 0.333. The molecule has 6 heteroatoms. The molecule has 0 unspecified atom stereocenters. The van der Waals surface area contributed by atoms with Crippen molar-refractivity contribution < 1.29 is 4.74 Å². The van der Waals surface area contributed by atoms with Crippen LogP contribution in [0.25, 0.3) is 11.3 Å². The zero-order chi connectivity index (χ0) is 20.9. The monoisotopic (exact) mass is 403 g/mol. The molecule has 30 heavy (non-hydrogen) atoms. The molecule has 1 fully saturated rings. The van der Waals surface area contributed by atoms with E-state index in [1.807, 2.05) is 37.4 Å². The molecule has 0 spiro atoms. The first kappa shape index (κ1) is 20.3. The van der Waals surface area contributed by atoms with Crippen LogP contribution in [-0.4, -0.2) is 60.1 Å². The van der Waals surface area contributed by atoms with Crippen molar-refractivity contribution in [3.8, 4) is 17.0 Å². The molecule has 1 aliphatic heterocycles. The van der Waals surface area contributed by atoms with E-state index in [-0.39, 0.29) is 0 Å². The molecule has 2 aromatic carbocycles. The van der Waals surface area contributed by atoms with E-state index >= 15 is 0 Å². The quantitative estimate of drug-likeness (QED) is 0.673. The predicted octanol–water partition coefficient (Wildman–Crippen LogP) is 3.95. The van der Waals surface area contributed by atoms with Crippen molar-refractivity contribution in [2.24, 2.45) is 0 Å². The molecule has 0 atom stereocenters. The number of aromatic nitrogens is 2. The minimum atomic E-state index is 0.588. The van der Waals surface area contributed by atoms with Gasteiger partial charge in [0.05, 0.1) is 12.8 Å². The van der Waals surface area contributed by atoms with Crippen LogP contribution in [0.1, 0.15) is 11.1 Å². The largest absolute Gasteiger partial charge is 0.497 e. The SMILES string of the molecule is COc1cccc(-c2nc(Nc3ccc(CN4CCN(C)CC4)cc3)ncc2C)c1. The molecule has 0 radical (unpaired) electrons. The Kier molecular flexibility index (Phi) is 6.26. The number of rotatable bonds is 6. The second-order valence-electron chi connectivity index (χ2n) is 7.86. The zero-order valence-corrected chi connectivity index (χ0v) is 17.9. The van der Waals surface area contributed by atoms with E-state index in [9.17, 15) is 0 Å². The van der Waals surface area contributed by atoms with Gasteiger partial charge in [0.15, 0.2) is 0 Å². The second kappa shape index (κ2) is 9.24. The van der Waals surface area contributed by atoms with Crippen molar-refractivity contribution in [2.45, 2.75) is 13.5 Å². The highest BCUT2D eigenvalue weighted by molar-refractivity contribution is 5.66. The van der Waals surface area contributed by atoms with Gasteiger partial charge in [-0.1, -0.05) is 24.3 Å². The summed E-state index contributed by atoms with van der Waals surface area (Å²) in [5.41, 5.74) is 5.25. The van der Waals surface area contributed by atoms with Crippen molar-refractivity contribution in [3.63, 3.8) is 0 Å². The summed E-state index contributed by atoms with van der Waals surface area (Å²) >= 11 is 0. The highest BCUT2D eigenvalue weighted by Gasteiger charge is 2.14. The number of ether oxygens (including phenoxy) is 1. The van der Waals surface area contributed by atoms with Crippen LogP contribution in [0.15, 0.2) is 54.7 Å². The van der Waals surface area contributed by atoms with Crippen LogP contribution in [0.4, 0.5) is 11.6 Å². The van der Waals surface area contributed by atoms with Crippen LogP contribution in [0.2, 0.25) is 0 Å². The van der Waals surface area contributed by atoms with Crippen molar-refractivity contribution >= 4 is 11.6 Å². The highest BCUT2D eigenvalue weighted by atomic mass is 16.5. The molecule has 0 saturated carbocycles. The van der Waals surface area contributed by atoms with E-state index in [0.717, 1.165) is 61.0 Å². The Morgan fingerprint density at radius 1 is 1.03 bits per heavy atom. The van der Waals surface area contributed by atoms with Crippen LogP contribution in [0.3, 0.4) is 0 Å². The van der Waals surface area contributed by atoms with Crippen LogP contribution in [0.5, 0.6) is 5.75 Å². The lowest BCUT2D eigenvalue weighted by Gasteiger charge is -2.32. The van der Waals surface area contributed by atoms with Gasteiger partial charge in [-0.25, -0.2) is 9.97 Å². The molecular formula is C24H29N5O. The normalized spacial score (nSPS) is 15.2. The fourth-order valence-corrected chi connectivity index (χ4v) is 3.65. The zero-order valence-electron chi connectivity index (χ0n) is 17.9. The number of nitrogens with one attached hydrogen (secondary N) is 1. The van der Waals surface area contributed by atoms with Gasteiger partial charge in [0.25, 0.3) is 0 Å². The topological polar surface area (TPSA) is 53.5 Å². The van der Waals surface area contributed by atoms with Gasteiger partial charge >= 0.3 is 0 Å². The summed E-state index contributed by atoms with van der Waals surface area (Å²) in [5.74, 6) is 1.40. The van der Waals surface area contributed by atoms with E-state index in [1.165, 1.54) is 5.56 Å². The molecule has 0 aliphatic carbocycles. The maximum atomic E-state index is 5.35. The number of nitrogens with zero attached hydrogens (tertiary/aromatic N) is 4. The third-order valence-electron chi connectivity index (χ3n) is 5.53. The summed E-state index contributed by atoms with van der Waals surface area (Å²) in [6.07, 6.45) is 1.85. The summed E-state index contributed by atoms with van der Waals surface area (Å²) in [4.78, 5) is 14.1. The molecular weight excluding hydrogens is 374 g/mol. The Balaban J connectivity index is 1.45. The maximum absolute atomic E-state index is 5.35. The Bertz CT molecular complexity index is 981. The van der Waals surface area contributed by atoms with E-state index in [0.29, 0.717) is 5.95 Å². The molecule has 2 heterocycles. The van der Waals surface area contributed by atoms with Crippen molar-refractivity contribution in [2.75, 3.05) is 45.7 Å². The predicted molar refractivity (Wildman–Crippen MR) is 121 cm³/mol. The highest BCUT2D eigenvalue weighted by Crippen LogP contribution is 2.26. The van der Waals surface area contributed by atoms with Gasteiger partial charge in [-0.15, -0.1) is 0 Å². The van der Waals surface area contributed by atoms with E-state index in [2.05, 4.69) is 51.4 Å². The van der Waals surface area contributed by atoms with E-state index in [4.69, 9.17) is 9.72 Å². The molecule has 0 amide bonds. The lowest BCUT2D eigenvalue weighted by molar-refractivity contribution is 0.148. The van der Waals surface area contributed by atoms with Gasteiger partial charge < -0.3 is 15.0 Å². The summed E-state index contributed by atoms with van der Waals surface area (Å²) in [6.45, 7) is 7.54. The molecule has 0 bridgehead atoms. The van der Waals surface area contributed by atoms with E-state index < -0.39 is 0 Å². The number of methoxy groups -OCH3 is 1. The number of likely N-dealkylation sites (N-methyl/N-ethyl adjacent to an activating group) is 1. The summed E-state index contributed by atoms with van der Waals surface area (Å²) in [6, 6.07) is 16.5. The Labute approximate surface area is 178 Å². The van der Waals surface area contributed by atoms with Crippen molar-refractivity contribution in [1.29, 1.82) is 0 Å². The average molecular weight is 404 g/mol. The first-order valence-corrected chi connectivity index (χ1v) is 10.4. The first-order valence-electron chi connectivity index (χ1n) is 10.4. The molecule has 1 N–H and O–H groups in total. The smallest absolute Gasteiger partial charge is 0.227 e. The van der Waals surface area contributed by atoms with Crippen LogP contribution in [0, 0.1) is 6.92 Å². The molecule has 3 aromatic rings. The Morgan fingerprint density at radius 3 is 2.53 bits per heavy atom. The standard InChI is InChI=1S/C24H29N5O/c1-18-16-25-24(27-23(18)20-5-4-6-22(15-20)30-3)26-21-9-7-19(8-10-21)17-29-13-11-28(2)12-14-29/h4-10,15-16H,11-14,17H2,1-3H3,(H,25,26,27). The van der Waals surface area contributed by atoms with E-state index in [1.54, 1.807) is 7.11 Å². The number of anilines is 2. The lowest BCUT2D eigenvalue weighted by Crippen LogP contribution is -2.43.